The van der Waals surface area contributed by atoms with Crippen LogP contribution in [0.3, 0.4) is 0 Å². The molecule has 1 unspecified atom stereocenters. The Hall–Kier alpha value is -0.500. The molecule has 0 saturated carbocycles. The van der Waals surface area contributed by atoms with E-state index in [1.165, 1.54) is 7.05 Å². The molecule has 0 aromatic heterocycles. The molecule has 1 rings (SSSR count). The maximum atomic E-state index is 11.2. The van der Waals surface area contributed by atoms with E-state index in [9.17, 15) is 4.57 Å². The first-order valence-electron chi connectivity index (χ1n) is 3.37. The first-order valence-corrected chi connectivity index (χ1v) is 5.90. The van der Waals surface area contributed by atoms with Crippen LogP contribution < -0.4 is 9.61 Å². The number of hydrogen-bond acceptors (Lipinski definition) is 2. The lowest BCUT2D eigenvalue weighted by molar-refractivity contribution is 0.490. The predicted molar refractivity (Wildman–Crippen MR) is 49.6 cm³/mol. The van der Waals surface area contributed by atoms with Crippen molar-refractivity contribution < 1.29 is 9.09 Å². The molecule has 1 aromatic rings. The Labute approximate surface area is 76.0 Å². The lowest BCUT2D eigenvalue weighted by Crippen LogP contribution is -2.02. The van der Waals surface area contributed by atoms with E-state index in [0.717, 1.165) is 0 Å². The second-order valence-electron chi connectivity index (χ2n) is 2.11. The van der Waals surface area contributed by atoms with E-state index in [1.54, 1.807) is 24.3 Å². The molecule has 0 amide bonds. The van der Waals surface area contributed by atoms with Gasteiger partial charge in [0.1, 0.15) is 5.75 Å². The Morgan fingerprint density at radius 1 is 1.42 bits per heavy atom. The largest absolute Gasteiger partial charge is 0.422 e. The van der Waals surface area contributed by atoms with Gasteiger partial charge >= 0.3 is 6.87 Å². The van der Waals surface area contributed by atoms with Gasteiger partial charge in [-0.25, -0.2) is 9.65 Å². The summed E-state index contributed by atoms with van der Waals surface area (Å²) in [6, 6.07) is 8.77. The molecule has 0 saturated heterocycles. The SMILES string of the molecule is CNP(=O)(Cl)Oc1ccccc1. The second kappa shape index (κ2) is 3.94. The first kappa shape index (κ1) is 9.59. The van der Waals surface area contributed by atoms with Gasteiger partial charge in [0.15, 0.2) is 0 Å². The van der Waals surface area contributed by atoms with Crippen LogP contribution in [0.15, 0.2) is 30.3 Å². The lowest BCUT2D eigenvalue weighted by Gasteiger charge is -2.10. The summed E-state index contributed by atoms with van der Waals surface area (Å²) in [6.07, 6.45) is 0. The third kappa shape index (κ3) is 2.86. The van der Waals surface area contributed by atoms with E-state index in [0.29, 0.717) is 5.75 Å². The van der Waals surface area contributed by atoms with Gasteiger partial charge in [0.2, 0.25) is 0 Å². The van der Waals surface area contributed by atoms with Crippen LogP contribution in [0.4, 0.5) is 0 Å². The maximum absolute atomic E-state index is 11.2. The zero-order valence-electron chi connectivity index (χ0n) is 6.53. The molecule has 0 radical (unpaired) electrons. The average molecular weight is 206 g/mol. The van der Waals surface area contributed by atoms with Gasteiger partial charge in [-0.1, -0.05) is 18.2 Å². The number of rotatable bonds is 3. The summed E-state index contributed by atoms with van der Waals surface area (Å²) in [6.45, 7) is -3.17. The van der Waals surface area contributed by atoms with Crippen molar-refractivity contribution in [3.05, 3.63) is 30.3 Å². The van der Waals surface area contributed by atoms with Crippen LogP contribution in [0.5, 0.6) is 5.75 Å². The van der Waals surface area contributed by atoms with E-state index in [-0.39, 0.29) is 0 Å². The second-order valence-corrected chi connectivity index (χ2v) is 5.03. The molecule has 0 spiro atoms. The molecule has 3 nitrogen and oxygen atoms in total. The van der Waals surface area contributed by atoms with Crippen LogP contribution >= 0.6 is 18.1 Å². The topological polar surface area (TPSA) is 38.3 Å². The summed E-state index contributed by atoms with van der Waals surface area (Å²) in [4.78, 5) is 0. The van der Waals surface area contributed by atoms with Crippen molar-refractivity contribution in [2.45, 2.75) is 0 Å². The summed E-state index contributed by atoms with van der Waals surface area (Å²) in [7, 11) is 1.48. The van der Waals surface area contributed by atoms with Crippen LogP contribution in [0.1, 0.15) is 0 Å². The Morgan fingerprint density at radius 2 is 2.00 bits per heavy atom. The molecule has 0 fully saturated rings. The zero-order chi connectivity index (χ0) is 9.03. The number of hydrogen-bond donors (Lipinski definition) is 1. The molecule has 1 aromatic carbocycles. The van der Waals surface area contributed by atoms with Gasteiger partial charge in [0.05, 0.1) is 0 Å². The van der Waals surface area contributed by atoms with Crippen molar-refractivity contribution in [3.63, 3.8) is 0 Å². The summed E-state index contributed by atoms with van der Waals surface area (Å²) in [5.41, 5.74) is 0. The maximum Gasteiger partial charge on any atom is 0.408 e. The monoisotopic (exact) mass is 205 g/mol. The number of benzene rings is 1. The van der Waals surface area contributed by atoms with Gasteiger partial charge < -0.3 is 4.52 Å². The Balaban J connectivity index is 2.71. The van der Waals surface area contributed by atoms with Crippen molar-refractivity contribution >= 4 is 18.1 Å². The molecule has 5 heteroatoms. The normalized spacial score (nSPS) is 15.2. The quantitative estimate of drug-likeness (QED) is 0.771. The Morgan fingerprint density at radius 3 is 2.50 bits per heavy atom. The predicted octanol–water partition coefficient (Wildman–Crippen LogP) is 2.63. The summed E-state index contributed by atoms with van der Waals surface area (Å²) in [5, 5.41) is 2.39. The van der Waals surface area contributed by atoms with Crippen LogP contribution in [0.2, 0.25) is 0 Å². The number of nitrogens with one attached hydrogen (secondary N) is 1. The third-order valence-corrected chi connectivity index (χ3v) is 2.93. The highest BCUT2D eigenvalue weighted by Gasteiger charge is 2.16. The van der Waals surface area contributed by atoms with E-state index in [2.05, 4.69) is 5.09 Å². The molecule has 0 bridgehead atoms. The number of para-hydroxylation sites is 1. The highest BCUT2D eigenvalue weighted by atomic mass is 35.7. The van der Waals surface area contributed by atoms with E-state index >= 15 is 0 Å². The minimum Gasteiger partial charge on any atom is -0.422 e. The highest BCUT2D eigenvalue weighted by Crippen LogP contribution is 2.47. The fourth-order valence-corrected chi connectivity index (χ4v) is 1.39. The molecular formula is C7H9ClNO2P. The number of halogens is 1. The van der Waals surface area contributed by atoms with Crippen LogP contribution in [0, 0.1) is 0 Å². The fourth-order valence-electron chi connectivity index (χ4n) is 0.663. The Kier molecular flexibility index (Phi) is 3.15. The van der Waals surface area contributed by atoms with E-state index < -0.39 is 6.87 Å². The van der Waals surface area contributed by atoms with Crippen molar-refractivity contribution in [2.75, 3.05) is 7.05 Å². The van der Waals surface area contributed by atoms with E-state index in [1.807, 2.05) is 6.07 Å². The molecule has 0 aliphatic carbocycles. The molecule has 1 atom stereocenters. The molecule has 66 valence electrons. The summed E-state index contributed by atoms with van der Waals surface area (Å²) < 4.78 is 16.1. The summed E-state index contributed by atoms with van der Waals surface area (Å²) in [5.74, 6) is 0.491. The van der Waals surface area contributed by atoms with Crippen LogP contribution in [0.25, 0.3) is 0 Å². The third-order valence-electron chi connectivity index (χ3n) is 1.23. The van der Waals surface area contributed by atoms with Gasteiger partial charge in [0.25, 0.3) is 0 Å². The first-order chi connectivity index (χ1) is 5.64. The molecular weight excluding hydrogens is 197 g/mol. The fraction of sp³-hybridized carbons (Fsp3) is 0.143. The van der Waals surface area contributed by atoms with Crippen LogP contribution in [-0.4, -0.2) is 7.05 Å². The average Bonchev–Trinajstić information content (AvgIpc) is 2.06. The molecule has 0 aliphatic heterocycles. The van der Waals surface area contributed by atoms with E-state index in [4.69, 9.17) is 15.8 Å². The van der Waals surface area contributed by atoms with Gasteiger partial charge in [-0.15, -0.1) is 0 Å². The zero-order valence-corrected chi connectivity index (χ0v) is 8.18. The molecule has 0 aliphatic rings. The molecule has 1 N–H and O–H groups in total. The van der Waals surface area contributed by atoms with Gasteiger partial charge in [0, 0.05) is 11.2 Å². The van der Waals surface area contributed by atoms with Crippen molar-refractivity contribution in [3.8, 4) is 5.75 Å². The smallest absolute Gasteiger partial charge is 0.408 e. The highest BCUT2D eigenvalue weighted by molar-refractivity contribution is 7.84. The van der Waals surface area contributed by atoms with Crippen LogP contribution in [-0.2, 0) is 4.57 Å². The van der Waals surface area contributed by atoms with Crippen molar-refractivity contribution in [1.29, 1.82) is 0 Å². The minimum absolute atomic E-state index is 0.491. The molecule has 0 heterocycles. The van der Waals surface area contributed by atoms with Crippen molar-refractivity contribution in [2.24, 2.45) is 0 Å². The lowest BCUT2D eigenvalue weighted by atomic mass is 10.3. The minimum atomic E-state index is -3.17. The molecule has 12 heavy (non-hydrogen) atoms. The Bertz CT molecular complexity index is 291. The van der Waals surface area contributed by atoms with Crippen molar-refractivity contribution in [1.82, 2.24) is 5.09 Å². The van der Waals surface area contributed by atoms with Gasteiger partial charge in [-0.05, 0) is 19.2 Å². The van der Waals surface area contributed by atoms with Gasteiger partial charge in [-0.2, -0.15) is 0 Å². The standard InChI is InChI=1S/C7H9ClNO2P/c1-9-12(8,10)11-7-5-3-2-4-6-7/h2-6H,1H3,(H,9,10). The summed E-state index contributed by atoms with van der Waals surface area (Å²) >= 11 is 5.48. The van der Waals surface area contributed by atoms with Gasteiger partial charge in [-0.3, -0.25) is 0 Å².